The number of piperazine rings is 1. The van der Waals surface area contributed by atoms with Gasteiger partial charge in [-0.25, -0.2) is 5.43 Å². The molecule has 1 saturated heterocycles. The number of hydrazone groups is 1. The minimum Gasteiger partial charge on any atom is -0.507 e. The predicted molar refractivity (Wildman–Crippen MR) is 165 cm³/mol. The zero-order chi connectivity index (χ0) is 30.0. The molecular formula is C32H33ClN6O4. The number of nitrogens with zero attached hydrogens (tertiary/aromatic N) is 5. The van der Waals surface area contributed by atoms with Crippen LogP contribution in [-0.2, 0) is 24.4 Å². The fourth-order valence-corrected chi connectivity index (χ4v) is 4.83. The van der Waals surface area contributed by atoms with Gasteiger partial charge in [-0.3, -0.25) is 14.6 Å². The van der Waals surface area contributed by atoms with E-state index in [9.17, 15) is 9.90 Å². The third-order valence-corrected chi connectivity index (χ3v) is 7.22. The van der Waals surface area contributed by atoms with E-state index in [1.54, 1.807) is 18.2 Å². The number of halogens is 1. The molecule has 222 valence electrons. The molecule has 1 amide bonds. The zero-order valence-electron chi connectivity index (χ0n) is 23.7. The molecule has 2 heterocycles. The van der Waals surface area contributed by atoms with Gasteiger partial charge in [-0.1, -0.05) is 65.3 Å². The highest BCUT2D eigenvalue weighted by Crippen LogP contribution is 2.22. The summed E-state index contributed by atoms with van der Waals surface area (Å²) in [6, 6.07) is 20.5. The summed E-state index contributed by atoms with van der Waals surface area (Å²) in [7, 11) is 0. The summed E-state index contributed by atoms with van der Waals surface area (Å²) in [6.45, 7) is 7.87. The monoisotopic (exact) mass is 600 g/mol. The number of hydrogen-bond donors (Lipinski definition) is 2. The number of aromatic hydroxyl groups is 1. The summed E-state index contributed by atoms with van der Waals surface area (Å²) in [4.78, 5) is 21.3. The van der Waals surface area contributed by atoms with Crippen molar-refractivity contribution >= 4 is 23.7 Å². The van der Waals surface area contributed by atoms with Gasteiger partial charge in [0.1, 0.15) is 18.1 Å². The van der Waals surface area contributed by atoms with Gasteiger partial charge in [0.15, 0.2) is 0 Å². The minimum atomic E-state index is -0.213. The Kier molecular flexibility index (Phi) is 10.2. The number of aromatic nitrogens is 2. The van der Waals surface area contributed by atoms with Crippen molar-refractivity contribution in [2.75, 3.05) is 32.7 Å². The van der Waals surface area contributed by atoms with Gasteiger partial charge in [0.2, 0.25) is 11.7 Å². The van der Waals surface area contributed by atoms with Crippen LogP contribution < -0.4 is 10.2 Å². The van der Waals surface area contributed by atoms with Crippen LogP contribution in [0.4, 0.5) is 0 Å². The molecule has 4 aromatic rings. The molecule has 0 radical (unpaired) electrons. The smallest absolute Gasteiger partial charge is 0.254 e. The normalized spacial score (nSPS) is 14.2. The van der Waals surface area contributed by atoms with Crippen molar-refractivity contribution in [2.24, 2.45) is 5.10 Å². The standard InChI is InChI=1S/C32H33ClN6O4/c1-2-5-24-6-3-7-26(31(24)41)19-34-36-29(40)20-38-14-16-39(17-15-38)21-30-35-32(37-43-30)25-12-10-23(11-13-25)22-42-28-9-4-8-27(33)18-28/h2-4,6-13,18-19,41H,1,5,14-17,20-22H2,(H,36,40)/b34-19+. The number of benzene rings is 3. The van der Waals surface area contributed by atoms with Crippen LogP contribution >= 0.6 is 11.6 Å². The van der Waals surface area contributed by atoms with Crippen LogP contribution in [0.1, 0.15) is 22.6 Å². The maximum Gasteiger partial charge on any atom is 0.254 e. The summed E-state index contributed by atoms with van der Waals surface area (Å²) >= 11 is 6.01. The number of hydrogen-bond acceptors (Lipinski definition) is 9. The Morgan fingerprint density at radius 3 is 2.63 bits per heavy atom. The van der Waals surface area contributed by atoms with Gasteiger partial charge >= 0.3 is 0 Å². The number of allylic oxidation sites excluding steroid dienone is 1. The van der Waals surface area contributed by atoms with E-state index in [-0.39, 0.29) is 18.2 Å². The lowest BCUT2D eigenvalue weighted by molar-refractivity contribution is -0.122. The second-order valence-electron chi connectivity index (χ2n) is 10.1. The van der Waals surface area contributed by atoms with Crippen molar-refractivity contribution in [2.45, 2.75) is 19.6 Å². The van der Waals surface area contributed by atoms with Crippen LogP contribution in [0.5, 0.6) is 11.5 Å². The number of nitrogens with one attached hydrogen (secondary N) is 1. The van der Waals surface area contributed by atoms with Crippen LogP contribution in [0.3, 0.4) is 0 Å². The van der Waals surface area contributed by atoms with E-state index in [2.05, 4.69) is 37.0 Å². The summed E-state index contributed by atoms with van der Waals surface area (Å²) < 4.78 is 11.3. The van der Waals surface area contributed by atoms with Crippen molar-refractivity contribution in [3.63, 3.8) is 0 Å². The Bertz CT molecular complexity index is 1560. The summed E-state index contributed by atoms with van der Waals surface area (Å²) in [6.07, 6.45) is 3.72. The zero-order valence-corrected chi connectivity index (χ0v) is 24.4. The lowest BCUT2D eigenvalue weighted by atomic mass is 10.1. The van der Waals surface area contributed by atoms with Crippen LogP contribution in [0.2, 0.25) is 5.02 Å². The second kappa shape index (κ2) is 14.6. The molecule has 0 atom stereocenters. The molecule has 2 N–H and O–H groups in total. The molecule has 1 aromatic heterocycles. The average molecular weight is 601 g/mol. The fraction of sp³-hybridized carbons (Fsp3) is 0.250. The van der Waals surface area contributed by atoms with Crippen molar-refractivity contribution in [1.82, 2.24) is 25.4 Å². The number of carbonyl (C=O) groups is 1. The van der Waals surface area contributed by atoms with E-state index in [0.717, 1.165) is 48.6 Å². The highest BCUT2D eigenvalue weighted by molar-refractivity contribution is 6.30. The first kappa shape index (κ1) is 30.0. The van der Waals surface area contributed by atoms with E-state index in [0.29, 0.717) is 41.9 Å². The van der Waals surface area contributed by atoms with E-state index in [4.69, 9.17) is 20.9 Å². The Morgan fingerprint density at radius 1 is 1.09 bits per heavy atom. The molecule has 1 aliphatic rings. The van der Waals surface area contributed by atoms with Gasteiger partial charge in [0.25, 0.3) is 5.91 Å². The third kappa shape index (κ3) is 8.51. The average Bonchev–Trinajstić information content (AvgIpc) is 3.48. The van der Waals surface area contributed by atoms with Gasteiger partial charge in [-0.05, 0) is 41.8 Å². The Hall–Kier alpha value is -4.51. The van der Waals surface area contributed by atoms with Gasteiger partial charge in [0.05, 0.1) is 19.3 Å². The number of ether oxygens (including phenoxy) is 1. The van der Waals surface area contributed by atoms with Crippen LogP contribution in [0, 0.1) is 0 Å². The van der Waals surface area contributed by atoms with Crippen molar-refractivity contribution in [3.05, 3.63) is 107 Å². The first-order chi connectivity index (χ1) is 21.0. The van der Waals surface area contributed by atoms with Gasteiger partial charge in [-0.2, -0.15) is 10.1 Å². The number of phenolic OH excluding ortho intramolecular Hbond substituents is 1. The number of phenols is 1. The van der Waals surface area contributed by atoms with Crippen molar-refractivity contribution in [1.29, 1.82) is 0 Å². The largest absolute Gasteiger partial charge is 0.507 e. The molecule has 0 aliphatic carbocycles. The number of carbonyl (C=O) groups excluding carboxylic acids is 1. The molecule has 0 spiro atoms. The molecule has 11 heteroatoms. The molecule has 43 heavy (non-hydrogen) atoms. The topological polar surface area (TPSA) is 116 Å². The van der Waals surface area contributed by atoms with E-state index in [1.165, 1.54) is 6.21 Å². The lowest BCUT2D eigenvalue weighted by Crippen LogP contribution is -2.48. The number of amides is 1. The quantitative estimate of drug-likeness (QED) is 0.137. The highest BCUT2D eigenvalue weighted by Gasteiger charge is 2.21. The van der Waals surface area contributed by atoms with Crippen molar-refractivity contribution < 1.29 is 19.2 Å². The molecule has 1 fully saturated rings. The Balaban J connectivity index is 1.04. The van der Waals surface area contributed by atoms with E-state index in [1.807, 2.05) is 54.6 Å². The van der Waals surface area contributed by atoms with Gasteiger partial charge < -0.3 is 14.4 Å². The minimum absolute atomic E-state index is 0.138. The second-order valence-corrected chi connectivity index (χ2v) is 10.6. The fourth-order valence-electron chi connectivity index (χ4n) is 4.65. The molecule has 3 aromatic carbocycles. The lowest BCUT2D eigenvalue weighted by Gasteiger charge is -2.33. The molecular weight excluding hydrogens is 568 g/mol. The molecule has 0 bridgehead atoms. The van der Waals surface area contributed by atoms with Gasteiger partial charge in [0, 0.05) is 42.3 Å². The molecule has 0 saturated carbocycles. The maximum atomic E-state index is 12.4. The molecule has 5 rings (SSSR count). The van der Waals surface area contributed by atoms with Gasteiger partial charge in [-0.15, -0.1) is 6.58 Å². The summed E-state index contributed by atoms with van der Waals surface area (Å²) in [5.74, 6) is 1.73. The molecule has 0 unspecified atom stereocenters. The maximum absolute atomic E-state index is 12.4. The Labute approximate surface area is 255 Å². The summed E-state index contributed by atoms with van der Waals surface area (Å²) in [5, 5.41) is 19.1. The first-order valence-corrected chi connectivity index (χ1v) is 14.3. The van der Waals surface area contributed by atoms with Crippen LogP contribution in [0.15, 0.2) is 89.0 Å². The predicted octanol–water partition coefficient (Wildman–Crippen LogP) is 4.67. The number of para-hydroxylation sites is 1. The molecule has 1 aliphatic heterocycles. The molecule has 10 nitrogen and oxygen atoms in total. The van der Waals surface area contributed by atoms with E-state index < -0.39 is 0 Å². The first-order valence-electron chi connectivity index (χ1n) is 14.0. The highest BCUT2D eigenvalue weighted by atomic mass is 35.5. The summed E-state index contributed by atoms with van der Waals surface area (Å²) in [5.41, 5.74) is 5.71. The van der Waals surface area contributed by atoms with E-state index >= 15 is 0 Å². The third-order valence-electron chi connectivity index (χ3n) is 6.98. The number of rotatable bonds is 12. The van der Waals surface area contributed by atoms with Crippen molar-refractivity contribution in [3.8, 4) is 22.9 Å². The van der Waals surface area contributed by atoms with Crippen LogP contribution in [-0.4, -0.2) is 69.9 Å². The Morgan fingerprint density at radius 2 is 1.86 bits per heavy atom. The SMILES string of the molecule is C=CCc1cccc(/C=N/NC(=O)CN2CCN(Cc3nc(-c4ccc(COc5cccc(Cl)c5)cc4)no3)CC2)c1O. The van der Waals surface area contributed by atoms with Crippen LogP contribution in [0.25, 0.3) is 11.4 Å².